The van der Waals surface area contributed by atoms with Crippen LogP contribution in [0.1, 0.15) is 52.4 Å². The van der Waals surface area contributed by atoms with E-state index in [-0.39, 0.29) is 28.7 Å². The Kier molecular flexibility index (Phi) is 3.46. The van der Waals surface area contributed by atoms with Crippen LogP contribution >= 0.6 is 0 Å². The number of hydrogen-bond acceptors (Lipinski definition) is 2. The third kappa shape index (κ3) is 2.16. The van der Waals surface area contributed by atoms with Gasteiger partial charge in [-0.15, -0.1) is 0 Å². The van der Waals surface area contributed by atoms with Gasteiger partial charge < -0.3 is 0 Å². The predicted octanol–water partition coefficient (Wildman–Crippen LogP) is 4.80. The van der Waals surface area contributed by atoms with Crippen molar-refractivity contribution in [3.8, 4) is 0 Å². The fourth-order valence-electron chi connectivity index (χ4n) is 6.42. The zero-order chi connectivity index (χ0) is 18.2. The largest absolute Gasteiger partial charge is 0.420 e. The molecule has 4 aliphatic rings. The lowest BCUT2D eigenvalue weighted by atomic mass is 9.48. The summed E-state index contributed by atoms with van der Waals surface area (Å²) in [6.45, 7) is 3.92. The standard InChI is InChI=1S/C20H23F3O2/c1-18-10-8-15(24)17(20(21,22)23)14(18)4-3-11-12-5-6-16(25)19(12,2)9-7-13(11)18/h8,10-13H,3-7,9H2,1-2H3/t11-,12-,13-,18+,19-/m0/s1. The fourth-order valence-corrected chi connectivity index (χ4v) is 6.42. The first-order valence-corrected chi connectivity index (χ1v) is 9.17. The molecule has 5 atom stereocenters. The van der Waals surface area contributed by atoms with E-state index in [9.17, 15) is 22.8 Å². The van der Waals surface area contributed by atoms with E-state index in [0.717, 1.165) is 25.3 Å². The second-order valence-corrected chi connectivity index (χ2v) is 8.67. The van der Waals surface area contributed by atoms with Crippen LogP contribution in [0.25, 0.3) is 0 Å². The van der Waals surface area contributed by atoms with E-state index in [1.807, 2.05) is 6.92 Å². The number of halogens is 3. The maximum absolute atomic E-state index is 13.5. The SMILES string of the molecule is C[C@]12C=CC(=O)C(C(F)(F)F)=C1CC[C@@H]1[C@@H]2CC[C@]2(C)C(=O)CC[C@@H]12. The molecule has 0 amide bonds. The van der Waals surface area contributed by atoms with Crippen molar-refractivity contribution in [1.82, 2.24) is 0 Å². The molecule has 0 spiro atoms. The van der Waals surface area contributed by atoms with Crippen LogP contribution in [0.5, 0.6) is 0 Å². The first-order chi connectivity index (χ1) is 11.6. The molecule has 4 rings (SSSR count). The van der Waals surface area contributed by atoms with Crippen molar-refractivity contribution in [3.63, 3.8) is 0 Å². The highest BCUT2D eigenvalue weighted by Crippen LogP contribution is 2.64. The second kappa shape index (κ2) is 5.08. The normalized spacial score (nSPS) is 43.8. The van der Waals surface area contributed by atoms with Crippen molar-refractivity contribution in [1.29, 1.82) is 0 Å². The highest BCUT2D eigenvalue weighted by atomic mass is 19.4. The minimum absolute atomic E-state index is 0.0851. The molecule has 0 radical (unpaired) electrons. The molecule has 0 bridgehead atoms. The first-order valence-electron chi connectivity index (χ1n) is 9.17. The van der Waals surface area contributed by atoms with Gasteiger partial charge >= 0.3 is 6.18 Å². The van der Waals surface area contributed by atoms with Crippen LogP contribution in [-0.4, -0.2) is 17.7 Å². The number of ketones is 2. The zero-order valence-electron chi connectivity index (χ0n) is 14.6. The van der Waals surface area contributed by atoms with Gasteiger partial charge in [0.05, 0.1) is 0 Å². The Hall–Kier alpha value is -1.39. The summed E-state index contributed by atoms with van der Waals surface area (Å²) >= 11 is 0. The molecule has 0 saturated heterocycles. The molecule has 0 heterocycles. The van der Waals surface area contributed by atoms with E-state index in [4.69, 9.17) is 0 Å². The molecule has 2 nitrogen and oxygen atoms in total. The molecular weight excluding hydrogens is 329 g/mol. The zero-order valence-corrected chi connectivity index (χ0v) is 14.6. The Morgan fingerprint density at radius 2 is 1.76 bits per heavy atom. The van der Waals surface area contributed by atoms with Crippen molar-refractivity contribution >= 4 is 11.6 Å². The minimum atomic E-state index is -4.60. The van der Waals surface area contributed by atoms with E-state index in [2.05, 4.69) is 6.92 Å². The molecule has 25 heavy (non-hydrogen) atoms. The first kappa shape index (κ1) is 17.0. The summed E-state index contributed by atoms with van der Waals surface area (Å²) in [6, 6.07) is 0. The fraction of sp³-hybridized carbons (Fsp3) is 0.700. The molecule has 5 heteroatoms. The van der Waals surface area contributed by atoms with Gasteiger partial charge in [0.25, 0.3) is 0 Å². The summed E-state index contributed by atoms with van der Waals surface area (Å²) in [5.74, 6) is 0.0496. The lowest BCUT2D eigenvalue weighted by Gasteiger charge is -2.56. The monoisotopic (exact) mass is 352 g/mol. The third-order valence-electron chi connectivity index (χ3n) is 7.71. The smallest absolute Gasteiger partial charge is 0.299 e. The van der Waals surface area contributed by atoms with Gasteiger partial charge in [-0.2, -0.15) is 13.2 Å². The second-order valence-electron chi connectivity index (χ2n) is 8.67. The number of alkyl halides is 3. The van der Waals surface area contributed by atoms with E-state index < -0.39 is 22.9 Å². The van der Waals surface area contributed by atoms with Gasteiger partial charge in [-0.3, -0.25) is 9.59 Å². The van der Waals surface area contributed by atoms with Gasteiger partial charge in [-0.1, -0.05) is 19.9 Å². The lowest BCUT2D eigenvalue weighted by Crippen LogP contribution is -2.50. The van der Waals surface area contributed by atoms with Gasteiger partial charge in [0.15, 0.2) is 5.78 Å². The summed E-state index contributed by atoms with van der Waals surface area (Å²) < 4.78 is 40.6. The lowest BCUT2D eigenvalue weighted by molar-refractivity contribution is -0.132. The quantitative estimate of drug-likeness (QED) is 0.628. The molecule has 0 N–H and O–H groups in total. The Balaban J connectivity index is 1.78. The summed E-state index contributed by atoms with van der Waals surface area (Å²) in [5.41, 5.74) is -1.66. The minimum Gasteiger partial charge on any atom is -0.299 e. The number of carbonyl (C=O) groups excluding carboxylic acids is 2. The molecule has 0 aromatic carbocycles. The van der Waals surface area contributed by atoms with Crippen molar-refractivity contribution in [2.24, 2.45) is 28.6 Å². The van der Waals surface area contributed by atoms with Crippen LogP contribution in [0.2, 0.25) is 0 Å². The van der Waals surface area contributed by atoms with Crippen LogP contribution in [-0.2, 0) is 9.59 Å². The number of rotatable bonds is 0. The topological polar surface area (TPSA) is 34.1 Å². The Morgan fingerprint density at radius 3 is 2.44 bits per heavy atom. The Morgan fingerprint density at radius 1 is 1.04 bits per heavy atom. The summed E-state index contributed by atoms with van der Waals surface area (Å²) in [7, 11) is 0. The van der Waals surface area contributed by atoms with E-state index >= 15 is 0 Å². The average Bonchev–Trinajstić information content (AvgIpc) is 2.82. The highest BCUT2D eigenvalue weighted by Gasteiger charge is 2.60. The molecule has 0 aliphatic heterocycles. The average molecular weight is 352 g/mol. The van der Waals surface area contributed by atoms with E-state index in [0.29, 0.717) is 25.0 Å². The van der Waals surface area contributed by atoms with E-state index in [1.165, 1.54) is 0 Å². The molecule has 0 aromatic heterocycles. The third-order valence-corrected chi connectivity index (χ3v) is 7.71. The number of allylic oxidation sites excluding steroid dienone is 4. The number of Topliss-reactive ketones (excluding diaryl/α,β-unsaturated/α-hetero) is 1. The summed E-state index contributed by atoms with van der Waals surface area (Å²) in [5, 5.41) is 0. The van der Waals surface area contributed by atoms with Gasteiger partial charge in [-0.25, -0.2) is 0 Å². The predicted molar refractivity (Wildman–Crippen MR) is 86.6 cm³/mol. The molecular formula is C20H23F3O2. The van der Waals surface area contributed by atoms with Gasteiger partial charge in [-0.05, 0) is 61.5 Å². The molecule has 136 valence electrons. The van der Waals surface area contributed by atoms with Crippen LogP contribution in [0, 0.1) is 28.6 Å². The Bertz CT molecular complexity index is 717. The van der Waals surface area contributed by atoms with Crippen molar-refractivity contribution < 1.29 is 22.8 Å². The Labute approximate surface area is 145 Å². The number of hydrogen-bond donors (Lipinski definition) is 0. The van der Waals surface area contributed by atoms with Gasteiger partial charge in [0, 0.05) is 17.3 Å². The molecule has 4 aliphatic carbocycles. The summed E-state index contributed by atoms with van der Waals surface area (Å²) in [6.07, 6.45) is 2.19. The van der Waals surface area contributed by atoms with Crippen LogP contribution in [0.4, 0.5) is 13.2 Å². The molecule has 0 aromatic rings. The van der Waals surface area contributed by atoms with E-state index in [1.54, 1.807) is 6.08 Å². The van der Waals surface area contributed by atoms with Gasteiger partial charge in [0.2, 0.25) is 0 Å². The molecule has 3 saturated carbocycles. The van der Waals surface area contributed by atoms with Crippen molar-refractivity contribution in [2.45, 2.75) is 58.5 Å². The van der Waals surface area contributed by atoms with Crippen molar-refractivity contribution in [2.75, 3.05) is 0 Å². The maximum atomic E-state index is 13.5. The van der Waals surface area contributed by atoms with Gasteiger partial charge in [0.1, 0.15) is 11.4 Å². The molecule has 3 fully saturated rings. The number of carbonyl (C=O) groups is 2. The maximum Gasteiger partial charge on any atom is 0.420 e. The van der Waals surface area contributed by atoms with Crippen LogP contribution in [0.3, 0.4) is 0 Å². The van der Waals surface area contributed by atoms with Crippen LogP contribution in [0.15, 0.2) is 23.3 Å². The molecule has 0 unspecified atom stereocenters. The van der Waals surface area contributed by atoms with Crippen LogP contribution < -0.4 is 0 Å². The summed E-state index contributed by atoms with van der Waals surface area (Å²) in [4.78, 5) is 24.3. The number of fused-ring (bicyclic) bond motifs is 5. The highest BCUT2D eigenvalue weighted by molar-refractivity contribution is 6.07. The van der Waals surface area contributed by atoms with Crippen molar-refractivity contribution in [3.05, 3.63) is 23.3 Å².